The molecule has 0 aliphatic heterocycles. The average Bonchev–Trinajstić information content (AvgIpc) is 2.53. The minimum absolute atomic E-state index is 0.0861. The van der Waals surface area contributed by atoms with Crippen LogP contribution in [-0.4, -0.2) is 23.3 Å². The van der Waals surface area contributed by atoms with E-state index in [1.54, 1.807) is 0 Å². The van der Waals surface area contributed by atoms with Crippen molar-refractivity contribution in [3.63, 3.8) is 0 Å². The molecule has 1 rings (SSSR count). The van der Waals surface area contributed by atoms with E-state index in [0.717, 1.165) is 0 Å². The lowest BCUT2D eigenvalue weighted by Crippen LogP contribution is -1.99. The molecule has 13 heavy (non-hydrogen) atoms. The number of alkyl halides is 2. The molecule has 0 amide bonds. The Balaban J connectivity index is 2.55. The largest absolute Gasteiger partial charge is 0.468 e. The molecule has 0 aliphatic carbocycles. The third-order valence-electron chi connectivity index (χ3n) is 1.53. The summed E-state index contributed by atoms with van der Waals surface area (Å²) in [6.07, 6.45) is -1.03. The van der Waals surface area contributed by atoms with E-state index in [-0.39, 0.29) is 25.2 Å². The second-order valence-electron chi connectivity index (χ2n) is 2.33. The highest BCUT2D eigenvalue weighted by Gasteiger charge is 2.14. The number of carbonyl (C=O) groups is 1. The van der Waals surface area contributed by atoms with E-state index in [1.165, 1.54) is 6.20 Å². The number of halogens is 2. The lowest BCUT2D eigenvalue weighted by molar-refractivity contribution is -0.128. The van der Waals surface area contributed by atoms with Crippen molar-refractivity contribution in [1.82, 2.24) is 10.2 Å². The van der Waals surface area contributed by atoms with Gasteiger partial charge in [-0.1, -0.05) is 0 Å². The van der Waals surface area contributed by atoms with Gasteiger partial charge >= 0.3 is 0 Å². The maximum absolute atomic E-state index is 12.2. The van der Waals surface area contributed by atoms with Crippen LogP contribution in [0, 0.1) is 0 Å². The zero-order valence-electron chi connectivity index (χ0n) is 6.67. The molecule has 1 heterocycles. The van der Waals surface area contributed by atoms with Crippen LogP contribution in [0.5, 0.6) is 0 Å². The number of rotatable bonds is 5. The van der Waals surface area contributed by atoms with Crippen LogP contribution in [-0.2, 0) is 16.0 Å². The molecular formula is C7H8F2N2O2. The summed E-state index contributed by atoms with van der Waals surface area (Å²) >= 11 is 0. The lowest BCUT2D eigenvalue weighted by atomic mass is 10.2. The molecular weight excluding hydrogens is 182 g/mol. The zero-order chi connectivity index (χ0) is 9.68. The normalized spacial score (nSPS) is 10.4. The standard InChI is InChI=1S/C7H8F2N2O2/c8-7(9)6-5(3-10-11-6)1-2-13-4-12/h3-4,7H,1-2H2,(H,10,11). The quantitative estimate of drug-likeness (QED) is 0.558. The predicted molar refractivity (Wildman–Crippen MR) is 39.3 cm³/mol. The van der Waals surface area contributed by atoms with Crippen LogP contribution in [0.2, 0.25) is 0 Å². The van der Waals surface area contributed by atoms with Gasteiger partial charge in [0.15, 0.2) is 0 Å². The molecule has 0 unspecified atom stereocenters. The van der Waals surface area contributed by atoms with E-state index >= 15 is 0 Å². The number of aromatic nitrogens is 2. The SMILES string of the molecule is O=COCCc1cn[nH]c1C(F)F. The topological polar surface area (TPSA) is 55.0 Å². The fourth-order valence-corrected chi connectivity index (χ4v) is 0.926. The first-order valence-corrected chi connectivity index (χ1v) is 3.61. The van der Waals surface area contributed by atoms with Crippen LogP contribution in [0.3, 0.4) is 0 Å². The van der Waals surface area contributed by atoms with Gasteiger partial charge in [-0.15, -0.1) is 0 Å². The highest BCUT2D eigenvalue weighted by molar-refractivity contribution is 5.37. The van der Waals surface area contributed by atoms with Crippen LogP contribution in [0.25, 0.3) is 0 Å². The smallest absolute Gasteiger partial charge is 0.293 e. The van der Waals surface area contributed by atoms with Gasteiger partial charge < -0.3 is 4.74 Å². The molecule has 0 bridgehead atoms. The summed E-state index contributed by atoms with van der Waals surface area (Å²) in [5.41, 5.74) is 0.159. The molecule has 0 fully saturated rings. The highest BCUT2D eigenvalue weighted by Crippen LogP contribution is 2.20. The molecule has 0 radical (unpaired) electrons. The number of H-pyrrole nitrogens is 1. The summed E-state index contributed by atoms with van der Waals surface area (Å²) in [6, 6.07) is 0. The van der Waals surface area contributed by atoms with Gasteiger partial charge in [0.1, 0.15) is 5.69 Å². The van der Waals surface area contributed by atoms with Crippen molar-refractivity contribution in [3.05, 3.63) is 17.5 Å². The van der Waals surface area contributed by atoms with E-state index in [2.05, 4.69) is 14.9 Å². The van der Waals surface area contributed by atoms with E-state index in [1.807, 2.05) is 0 Å². The van der Waals surface area contributed by atoms with E-state index in [4.69, 9.17) is 0 Å². The Bertz CT molecular complexity index is 275. The fraction of sp³-hybridized carbons (Fsp3) is 0.429. The number of hydrogen-bond donors (Lipinski definition) is 1. The van der Waals surface area contributed by atoms with Gasteiger partial charge in [0.25, 0.3) is 12.9 Å². The summed E-state index contributed by atoms with van der Waals surface area (Å²) in [5.74, 6) is 0. The third kappa shape index (κ3) is 2.50. The van der Waals surface area contributed by atoms with Gasteiger partial charge in [0.05, 0.1) is 12.8 Å². The number of hydrogen-bond acceptors (Lipinski definition) is 3. The van der Waals surface area contributed by atoms with Crippen molar-refractivity contribution < 1.29 is 18.3 Å². The van der Waals surface area contributed by atoms with Gasteiger partial charge in [-0.3, -0.25) is 9.89 Å². The first-order valence-electron chi connectivity index (χ1n) is 3.61. The van der Waals surface area contributed by atoms with Crippen molar-refractivity contribution in [2.24, 2.45) is 0 Å². The molecule has 1 N–H and O–H groups in total. The fourth-order valence-electron chi connectivity index (χ4n) is 0.926. The van der Waals surface area contributed by atoms with Crippen molar-refractivity contribution in [3.8, 4) is 0 Å². The molecule has 0 aromatic carbocycles. The molecule has 72 valence electrons. The molecule has 0 saturated carbocycles. The summed E-state index contributed by atoms with van der Waals surface area (Å²) < 4.78 is 28.8. The van der Waals surface area contributed by atoms with Crippen molar-refractivity contribution in [2.75, 3.05) is 6.61 Å². The average molecular weight is 190 g/mol. The van der Waals surface area contributed by atoms with Gasteiger partial charge in [-0.05, 0) is 0 Å². The molecule has 4 nitrogen and oxygen atoms in total. The maximum Gasteiger partial charge on any atom is 0.293 e. The third-order valence-corrected chi connectivity index (χ3v) is 1.53. The number of ether oxygens (including phenoxy) is 1. The Hall–Kier alpha value is -1.46. The summed E-state index contributed by atoms with van der Waals surface area (Å²) in [4.78, 5) is 9.76. The second kappa shape index (κ2) is 4.54. The van der Waals surface area contributed by atoms with Gasteiger partial charge in [0, 0.05) is 12.0 Å². The maximum atomic E-state index is 12.2. The number of nitrogens with zero attached hydrogens (tertiary/aromatic N) is 1. The van der Waals surface area contributed by atoms with Crippen LogP contribution in [0.15, 0.2) is 6.20 Å². The van der Waals surface area contributed by atoms with Crippen molar-refractivity contribution in [2.45, 2.75) is 12.8 Å². The molecule has 0 spiro atoms. The van der Waals surface area contributed by atoms with E-state index in [9.17, 15) is 13.6 Å². The summed E-state index contributed by atoms with van der Waals surface area (Å²) in [5, 5.41) is 5.66. The molecule has 0 atom stereocenters. The Morgan fingerprint density at radius 3 is 3.08 bits per heavy atom. The number of carbonyl (C=O) groups excluding carboxylic acids is 1. The molecule has 1 aromatic heterocycles. The van der Waals surface area contributed by atoms with Crippen LogP contribution in [0.1, 0.15) is 17.7 Å². The van der Waals surface area contributed by atoms with Crippen LogP contribution < -0.4 is 0 Å². The molecule has 6 heteroatoms. The summed E-state index contributed by atoms with van der Waals surface area (Å²) in [6.45, 7) is 0.366. The number of aromatic amines is 1. The first kappa shape index (κ1) is 9.63. The minimum Gasteiger partial charge on any atom is -0.468 e. The first-order chi connectivity index (χ1) is 6.25. The Kier molecular flexibility index (Phi) is 3.36. The second-order valence-corrected chi connectivity index (χ2v) is 2.33. The van der Waals surface area contributed by atoms with Crippen molar-refractivity contribution >= 4 is 6.47 Å². The van der Waals surface area contributed by atoms with Crippen LogP contribution >= 0.6 is 0 Å². The van der Waals surface area contributed by atoms with E-state index in [0.29, 0.717) is 5.56 Å². The highest BCUT2D eigenvalue weighted by atomic mass is 19.3. The Morgan fingerprint density at radius 1 is 1.69 bits per heavy atom. The predicted octanol–water partition coefficient (Wildman–Crippen LogP) is 1.06. The van der Waals surface area contributed by atoms with Gasteiger partial charge in [-0.25, -0.2) is 8.78 Å². The number of nitrogens with one attached hydrogen (secondary N) is 1. The van der Waals surface area contributed by atoms with Crippen molar-refractivity contribution in [1.29, 1.82) is 0 Å². The zero-order valence-corrected chi connectivity index (χ0v) is 6.67. The molecule has 0 aliphatic rings. The summed E-state index contributed by atoms with van der Waals surface area (Å²) in [7, 11) is 0. The molecule has 0 saturated heterocycles. The van der Waals surface area contributed by atoms with E-state index < -0.39 is 6.43 Å². The molecule has 1 aromatic rings. The Labute approximate surface area is 72.9 Å². The minimum atomic E-state index is -2.58. The monoisotopic (exact) mass is 190 g/mol. The van der Waals surface area contributed by atoms with Gasteiger partial charge in [-0.2, -0.15) is 5.10 Å². The van der Waals surface area contributed by atoms with Crippen LogP contribution in [0.4, 0.5) is 8.78 Å². The van der Waals surface area contributed by atoms with Gasteiger partial charge in [0.2, 0.25) is 0 Å². The lowest BCUT2D eigenvalue weighted by Gasteiger charge is -2.00. The Morgan fingerprint density at radius 2 is 2.46 bits per heavy atom.